The molecule has 2 heterocycles. The Balaban J connectivity index is 1.94. The Hall–Kier alpha value is -3.05. The standard InChI is InChI=1S/C23H16BrNO3/c24-17-9-5-4-8-15(17)22-16-12-19-20(28-11-10-27-19)13-18(16)25-23(26)21(22)14-6-2-1-3-7-14/h1-9,12-13H,10-11H2,(H,25,26). The van der Waals surface area contributed by atoms with Crippen LogP contribution in [-0.2, 0) is 0 Å². The third-order valence-electron chi connectivity index (χ3n) is 4.88. The topological polar surface area (TPSA) is 51.3 Å². The van der Waals surface area contributed by atoms with E-state index < -0.39 is 0 Å². The van der Waals surface area contributed by atoms with E-state index in [-0.39, 0.29) is 5.56 Å². The number of hydrogen-bond donors (Lipinski definition) is 1. The quantitative estimate of drug-likeness (QED) is 0.460. The van der Waals surface area contributed by atoms with Crippen LogP contribution in [0.25, 0.3) is 33.2 Å². The van der Waals surface area contributed by atoms with Crippen LogP contribution in [0.3, 0.4) is 0 Å². The third-order valence-corrected chi connectivity index (χ3v) is 5.57. The van der Waals surface area contributed by atoms with Crippen molar-refractivity contribution in [1.29, 1.82) is 0 Å². The number of nitrogens with one attached hydrogen (secondary N) is 1. The first-order chi connectivity index (χ1) is 13.7. The van der Waals surface area contributed by atoms with Gasteiger partial charge in [-0.25, -0.2) is 0 Å². The van der Waals surface area contributed by atoms with Crippen molar-refractivity contribution in [3.63, 3.8) is 0 Å². The van der Waals surface area contributed by atoms with Crippen molar-refractivity contribution in [2.45, 2.75) is 0 Å². The fourth-order valence-corrected chi connectivity index (χ4v) is 4.14. The van der Waals surface area contributed by atoms with Crippen molar-refractivity contribution in [1.82, 2.24) is 4.98 Å². The lowest BCUT2D eigenvalue weighted by Crippen LogP contribution is -2.16. The van der Waals surface area contributed by atoms with Crippen LogP contribution in [0.4, 0.5) is 0 Å². The molecule has 0 spiro atoms. The molecule has 1 aliphatic rings. The predicted octanol–water partition coefficient (Wildman–Crippen LogP) is 5.40. The Bertz CT molecular complexity index is 1250. The minimum absolute atomic E-state index is 0.138. The van der Waals surface area contributed by atoms with Crippen LogP contribution in [-0.4, -0.2) is 18.2 Å². The van der Waals surface area contributed by atoms with Crippen molar-refractivity contribution >= 4 is 26.8 Å². The van der Waals surface area contributed by atoms with E-state index in [1.54, 1.807) is 0 Å². The number of H-pyrrole nitrogens is 1. The maximum Gasteiger partial charge on any atom is 0.256 e. The van der Waals surface area contributed by atoms with Crippen LogP contribution in [0.15, 0.2) is 76.0 Å². The number of benzene rings is 3. The molecule has 4 nitrogen and oxygen atoms in total. The highest BCUT2D eigenvalue weighted by Gasteiger charge is 2.21. The average Bonchev–Trinajstić information content (AvgIpc) is 2.73. The molecule has 3 aromatic carbocycles. The first-order valence-corrected chi connectivity index (χ1v) is 9.81. The van der Waals surface area contributed by atoms with Crippen LogP contribution in [0.2, 0.25) is 0 Å². The van der Waals surface area contributed by atoms with Crippen LogP contribution in [0, 0.1) is 0 Å². The van der Waals surface area contributed by atoms with Crippen LogP contribution >= 0.6 is 15.9 Å². The summed E-state index contributed by atoms with van der Waals surface area (Å²) < 4.78 is 12.4. The van der Waals surface area contributed by atoms with Crippen LogP contribution < -0.4 is 15.0 Å². The number of hydrogen-bond acceptors (Lipinski definition) is 3. The van der Waals surface area contributed by atoms with Crippen molar-refractivity contribution < 1.29 is 9.47 Å². The zero-order chi connectivity index (χ0) is 19.1. The minimum Gasteiger partial charge on any atom is -0.486 e. The third kappa shape index (κ3) is 2.79. The van der Waals surface area contributed by atoms with E-state index in [1.165, 1.54) is 0 Å². The minimum atomic E-state index is -0.138. The van der Waals surface area contributed by atoms with E-state index in [4.69, 9.17) is 9.47 Å². The van der Waals surface area contributed by atoms with Gasteiger partial charge in [0, 0.05) is 21.5 Å². The second kappa shape index (κ2) is 6.84. The molecule has 4 aromatic rings. The maximum absolute atomic E-state index is 13.2. The Morgan fingerprint density at radius 1 is 0.821 bits per heavy atom. The van der Waals surface area contributed by atoms with E-state index in [1.807, 2.05) is 66.7 Å². The number of ether oxygens (including phenoxy) is 2. The number of pyridine rings is 1. The molecule has 5 rings (SSSR count). The van der Waals surface area contributed by atoms with Gasteiger partial charge in [-0.05, 0) is 23.3 Å². The summed E-state index contributed by atoms with van der Waals surface area (Å²) in [7, 11) is 0. The molecule has 0 aliphatic carbocycles. The number of halogens is 1. The first-order valence-electron chi connectivity index (χ1n) is 9.02. The molecule has 5 heteroatoms. The van der Waals surface area contributed by atoms with E-state index in [0.29, 0.717) is 30.3 Å². The summed E-state index contributed by atoms with van der Waals surface area (Å²) in [5, 5.41) is 0.912. The molecule has 138 valence electrons. The van der Waals surface area contributed by atoms with Crippen molar-refractivity contribution in [3.05, 3.63) is 81.6 Å². The van der Waals surface area contributed by atoms with Gasteiger partial charge in [-0.15, -0.1) is 0 Å². The summed E-state index contributed by atoms with van der Waals surface area (Å²) in [4.78, 5) is 16.2. The van der Waals surface area contributed by atoms with Gasteiger partial charge in [-0.1, -0.05) is 64.5 Å². The average molecular weight is 434 g/mol. The molecule has 28 heavy (non-hydrogen) atoms. The number of aromatic nitrogens is 1. The summed E-state index contributed by atoms with van der Waals surface area (Å²) in [6, 6.07) is 21.5. The monoisotopic (exact) mass is 433 g/mol. The second-order valence-corrected chi connectivity index (χ2v) is 7.45. The van der Waals surface area contributed by atoms with Crippen LogP contribution in [0.5, 0.6) is 11.5 Å². The van der Waals surface area contributed by atoms with Gasteiger partial charge < -0.3 is 14.5 Å². The van der Waals surface area contributed by atoms with Gasteiger partial charge in [0.2, 0.25) is 0 Å². The number of aromatic amines is 1. The number of rotatable bonds is 2. The van der Waals surface area contributed by atoms with Gasteiger partial charge in [0.25, 0.3) is 5.56 Å². The highest BCUT2D eigenvalue weighted by Crippen LogP contribution is 2.42. The van der Waals surface area contributed by atoms with E-state index in [0.717, 1.165) is 32.1 Å². The van der Waals surface area contributed by atoms with Crippen molar-refractivity contribution in [2.75, 3.05) is 13.2 Å². The maximum atomic E-state index is 13.2. The SMILES string of the molecule is O=c1[nH]c2cc3c(cc2c(-c2ccccc2Br)c1-c1ccccc1)OCCO3. The Morgan fingerprint density at radius 2 is 1.50 bits per heavy atom. The molecule has 0 saturated carbocycles. The van der Waals surface area contributed by atoms with Gasteiger partial charge in [0.1, 0.15) is 13.2 Å². The highest BCUT2D eigenvalue weighted by molar-refractivity contribution is 9.10. The van der Waals surface area contributed by atoms with Gasteiger partial charge in [-0.2, -0.15) is 0 Å². The summed E-state index contributed by atoms with van der Waals surface area (Å²) in [6.45, 7) is 1.01. The molecular weight excluding hydrogens is 418 g/mol. The molecule has 1 N–H and O–H groups in total. The fraction of sp³-hybridized carbons (Fsp3) is 0.0870. The Kier molecular flexibility index (Phi) is 4.17. The molecule has 1 aromatic heterocycles. The van der Waals surface area contributed by atoms with Gasteiger partial charge in [0.05, 0.1) is 11.1 Å². The predicted molar refractivity (Wildman–Crippen MR) is 114 cm³/mol. The zero-order valence-electron chi connectivity index (χ0n) is 14.9. The lowest BCUT2D eigenvalue weighted by atomic mass is 9.92. The summed E-state index contributed by atoms with van der Waals surface area (Å²) in [5.41, 5.74) is 3.91. The molecule has 1 aliphatic heterocycles. The molecule has 0 radical (unpaired) electrons. The molecule has 0 saturated heterocycles. The molecule has 0 atom stereocenters. The number of fused-ring (bicyclic) bond motifs is 2. The van der Waals surface area contributed by atoms with Gasteiger partial charge in [-0.3, -0.25) is 4.79 Å². The van der Waals surface area contributed by atoms with Gasteiger partial charge >= 0.3 is 0 Å². The van der Waals surface area contributed by atoms with Crippen LogP contribution in [0.1, 0.15) is 0 Å². The molecule has 0 amide bonds. The molecule has 0 fully saturated rings. The fourth-order valence-electron chi connectivity index (χ4n) is 3.66. The Morgan fingerprint density at radius 3 is 2.25 bits per heavy atom. The summed E-state index contributed by atoms with van der Waals surface area (Å²) in [6.07, 6.45) is 0. The lowest BCUT2D eigenvalue weighted by molar-refractivity contribution is 0.172. The zero-order valence-corrected chi connectivity index (χ0v) is 16.5. The summed E-state index contributed by atoms with van der Waals surface area (Å²) in [5.74, 6) is 1.35. The summed E-state index contributed by atoms with van der Waals surface area (Å²) >= 11 is 3.66. The van der Waals surface area contributed by atoms with Crippen molar-refractivity contribution in [3.8, 4) is 33.8 Å². The van der Waals surface area contributed by atoms with Gasteiger partial charge in [0.15, 0.2) is 11.5 Å². The van der Waals surface area contributed by atoms with E-state index >= 15 is 0 Å². The second-order valence-electron chi connectivity index (χ2n) is 6.59. The van der Waals surface area contributed by atoms with E-state index in [9.17, 15) is 4.79 Å². The Labute approximate surface area is 169 Å². The lowest BCUT2D eigenvalue weighted by Gasteiger charge is -2.21. The molecule has 0 bridgehead atoms. The highest BCUT2D eigenvalue weighted by atomic mass is 79.9. The normalized spacial score (nSPS) is 12.9. The molecular formula is C23H16BrNO3. The molecule has 0 unspecified atom stereocenters. The van der Waals surface area contributed by atoms with E-state index in [2.05, 4.69) is 20.9 Å². The van der Waals surface area contributed by atoms with Crippen molar-refractivity contribution in [2.24, 2.45) is 0 Å². The first kappa shape index (κ1) is 17.1. The largest absolute Gasteiger partial charge is 0.486 e. The smallest absolute Gasteiger partial charge is 0.256 e.